The Labute approximate surface area is 127 Å². The Morgan fingerprint density at radius 1 is 1.36 bits per heavy atom. The van der Waals surface area contributed by atoms with Gasteiger partial charge in [0.1, 0.15) is 0 Å². The van der Waals surface area contributed by atoms with Crippen LogP contribution >= 0.6 is 0 Å². The lowest BCUT2D eigenvalue weighted by atomic mass is 9.88. The molecule has 1 aliphatic rings. The van der Waals surface area contributed by atoms with Crippen LogP contribution in [0.15, 0.2) is 18.2 Å². The van der Waals surface area contributed by atoms with Gasteiger partial charge in [-0.2, -0.15) is 13.2 Å². The minimum absolute atomic E-state index is 0.0620. The summed E-state index contributed by atoms with van der Waals surface area (Å²) < 4.78 is 39.7. The number of nitrogens with zero attached hydrogens (tertiary/aromatic N) is 1. The third-order valence-electron chi connectivity index (χ3n) is 4.03. The average Bonchev–Trinajstić information content (AvgIpc) is 2.41. The zero-order chi connectivity index (χ0) is 16.3. The first-order chi connectivity index (χ1) is 10.3. The van der Waals surface area contributed by atoms with E-state index in [1.807, 2.05) is 7.05 Å². The largest absolute Gasteiger partial charge is 0.416 e. The molecule has 1 aromatic carbocycles. The fourth-order valence-corrected chi connectivity index (χ4v) is 2.82. The third-order valence-corrected chi connectivity index (χ3v) is 4.03. The summed E-state index contributed by atoms with van der Waals surface area (Å²) in [6, 6.07) is 2.97. The molecule has 0 atom stereocenters. The molecule has 1 fully saturated rings. The number of alkyl halides is 3. The highest BCUT2D eigenvalue weighted by molar-refractivity contribution is 5.87. The number of primary amides is 1. The minimum atomic E-state index is -4.45. The molecule has 0 aromatic heterocycles. The number of hydrogen-bond donors (Lipinski definition) is 2. The van der Waals surface area contributed by atoms with E-state index in [-0.39, 0.29) is 17.2 Å². The summed E-state index contributed by atoms with van der Waals surface area (Å²) in [6.07, 6.45) is -2.25. The molecular formula is C15H20F3N3O. The Hall–Kier alpha value is -1.76. The number of amides is 2. The molecule has 3 N–H and O–H groups in total. The maximum absolute atomic E-state index is 13.2. The topological polar surface area (TPSA) is 58.4 Å². The van der Waals surface area contributed by atoms with Crippen LogP contribution in [-0.2, 0) is 12.6 Å². The van der Waals surface area contributed by atoms with Crippen LogP contribution in [0.2, 0.25) is 0 Å². The van der Waals surface area contributed by atoms with Crippen LogP contribution in [0.3, 0.4) is 0 Å². The maximum atomic E-state index is 13.2. The molecule has 4 nitrogen and oxygen atoms in total. The summed E-state index contributed by atoms with van der Waals surface area (Å²) in [6.45, 7) is 1.82. The standard InChI is InChI=1S/C15H20F3N3O/c1-21-6-4-10(5-7-21)8-11-2-3-12(20-14(19)22)9-13(11)15(16,17)18/h2-3,9-10H,4-8H2,1H3,(H3,19,20,22). The Balaban J connectivity index is 2.20. The molecular weight excluding hydrogens is 295 g/mol. The second-order valence-corrected chi connectivity index (χ2v) is 5.81. The second kappa shape index (κ2) is 6.56. The lowest BCUT2D eigenvalue weighted by Gasteiger charge is -2.29. The van der Waals surface area contributed by atoms with Crippen molar-refractivity contribution in [1.29, 1.82) is 0 Å². The van der Waals surface area contributed by atoms with E-state index in [0.29, 0.717) is 6.42 Å². The van der Waals surface area contributed by atoms with Crippen molar-refractivity contribution in [2.45, 2.75) is 25.4 Å². The fraction of sp³-hybridized carbons (Fsp3) is 0.533. The quantitative estimate of drug-likeness (QED) is 0.900. The molecule has 0 aliphatic carbocycles. The molecule has 7 heteroatoms. The van der Waals surface area contributed by atoms with Crippen molar-refractivity contribution in [3.05, 3.63) is 29.3 Å². The Morgan fingerprint density at radius 2 is 2.00 bits per heavy atom. The molecule has 0 unspecified atom stereocenters. The summed E-state index contributed by atoms with van der Waals surface area (Å²) >= 11 is 0. The van der Waals surface area contributed by atoms with E-state index in [1.165, 1.54) is 12.1 Å². The van der Waals surface area contributed by atoms with Gasteiger partial charge in [0.2, 0.25) is 0 Å². The number of rotatable bonds is 3. The number of halogens is 3. The van der Waals surface area contributed by atoms with Crippen LogP contribution in [-0.4, -0.2) is 31.1 Å². The number of nitrogens with two attached hydrogens (primary N) is 1. The molecule has 2 rings (SSSR count). The summed E-state index contributed by atoms with van der Waals surface area (Å²) in [5, 5.41) is 2.19. The number of benzene rings is 1. The predicted octanol–water partition coefficient (Wildman–Crippen LogP) is 3.08. The summed E-state index contributed by atoms with van der Waals surface area (Å²) in [5.74, 6) is 0.257. The first-order valence-corrected chi connectivity index (χ1v) is 7.21. The van der Waals surface area contributed by atoms with Crippen molar-refractivity contribution in [3.63, 3.8) is 0 Å². The van der Waals surface area contributed by atoms with Gasteiger partial charge in [0.15, 0.2) is 0 Å². The first-order valence-electron chi connectivity index (χ1n) is 7.21. The van der Waals surface area contributed by atoms with Gasteiger partial charge in [-0.1, -0.05) is 6.07 Å². The van der Waals surface area contributed by atoms with Gasteiger partial charge in [-0.3, -0.25) is 0 Å². The molecule has 0 saturated carbocycles. The van der Waals surface area contributed by atoms with E-state index in [1.54, 1.807) is 0 Å². The van der Waals surface area contributed by atoms with E-state index in [2.05, 4.69) is 10.2 Å². The highest BCUT2D eigenvalue weighted by Gasteiger charge is 2.34. The van der Waals surface area contributed by atoms with Crippen molar-refractivity contribution in [2.75, 3.05) is 25.5 Å². The number of nitrogens with one attached hydrogen (secondary N) is 1. The molecule has 1 aromatic rings. The van der Waals surface area contributed by atoms with Crippen LogP contribution in [0.4, 0.5) is 23.7 Å². The SMILES string of the molecule is CN1CCC(Cc2ccc(NC(N)=O)cc2C(F)(F)F)CC1. The van der Waals surface area contributed by atoms with Crippen molar-refractivity contribution < 1.29 is 18.0 Å². The lowest BCUT2D eigenvalue weighted by Crippen LogP contribution is -2.31. The monoisotopic (exact) mass is 315 g/mol. The zero-order valence-electron chi connectivity index (χ0n) is 12.4. The van der Waals surface area contributed by atoms with E-state index in [9.17, 15) is 18.0 Å². The van der Waals surface area contributed by atoms with Crippen LogP contribution in [0.5, 0.6) is 0 Å². The Kier molecular flexibility index (Phi) is 4.95. The molecule has 0 spiro atoms. The Morgan fingerprint density at radius 3 is 2.55 bits per heavy atom. The van der Waals surface area contributed by atoms with Crippen LogP contribution in [0, 0.1) is 5.92 Å². The maximum Gasteiger partial charge on any atom is 0.416 e. The smallest absolute Gasteiger partial charge is 0.351 e. The minimum Gasteiger partial charge on any atom is -0.351 e. The van der Waals surface area contributed by atoms with E-state index >= 15 is 0 Å². The summed E-state index contributed by atoms with van der Waals surface area (Å²) in [7, 11) is 2.02. The predicted molar refractivity (Wildman–Crippen MR) is 78.6 cm³/mol. The van der Waals surface area contributed by atoms with Gasteiger partial charge < -0.3 is 16.0 Å². The number of carbonyl (C=O) groups excluding carboxylic acids is 1. The summed E-state index contributed by atoms with van der Waals surface area (Å²) in [4.78, 5) is 13.0. The molecule has 22 heavy (non-hydrogen) atoms. The first kappa shape index (κ1) is 16.6. The van der Waals surface area contributed by atoms with Gasteiger partial charge in [-0.15, -0.1) is 0 Å². The van der Waals surface area contributed by atoms with E-state index < -0.39 is 17.8 Å². The van der Waals surface area contributed by atoms with Crippen LogP contribution < -0.4 is 11.1 Å². The van der Waals surface area contributed by atoms with Gasteiger partial charge in [-0.25, -0.2) is 4.79 Å². The number of likely N-dealkylation sites (tertiary alicyclic amines) is 1. The normalized spacial score (nSPS) is 17.5. The number of piperidine rings is 1. The molecule has 2 amide bonds. The van der Waals surface area contributed by atoms with Gasteiger partial charge >= 0.3 is 12.2 Å². The molecule has 1 aliphatic heterocycles. The van der Waals surface area contributed by atoms with E-state index in [0.717, 1.165) is 32.0 Å². The Bertz CT molecular complexity index is 537. The second-order valence-electron chi connectivity index (χ2n) is 5.81. The van der Waals surface area contributed by atoms with Crippen LogP contribution in [0.25, 0.3) is 0 Å². The molecule has 1 saturated heterocycles. The zero-order valence-corrected chi connectivity index (χ0v) is 12.4. The van der Waals surface area contributed by atoms with Crippen molar-refractivity contribution in [1.82, 2.24) is 4.90 Å². The van der Waals surface area contributed by atoms with Crippen molar-refractivity contribution >= 4 is 11.7 Å². The van der Waals surface area contributed by atoms with Crippen molar-refractivity contribution in [3.8, 4) is 0 Å². The highest BCUT2D eigenvalue weighted by atomic mass is 19.4. The van der Waals surface area contributed by atoms with Gasteiger partial charge in [0.05, 0.1) is 5.56 Å². The average molecular weight is 315 g/mol. The molecule has 0 radical (unpaired) electrons. The number of hydrogen-bond acceptors (Lipinski definition) is 2. The summed E-state index contributed by atoms with van der Waals surface area (Å²) in [5.41, 5.74) is 4.59. The van der Waals surface area contributed by atoms with Gasteiger partial charge in [-0.05, 0) is 63.0 Å². The van der Waals surface area contributed by atoms with Gasteiger partial charge in [0, 0.05) is 5.69 Å². The fourth-order valence-electron chi connectivity index (χ4n) is 2.82. The van der Waals surface area contributed by atoms with Gasteiger partial charge in [0.25, 0.3) is 0 Å². The molecule has 1 heterocycles. The molecule has 122 valence electrons. The number of carbonyl (C=O) groups is 1. The van der Waals surface area contributed by atoms with Crippen molar-refractivity contribution in [2.24, 2.45) is 11.7 Å². The highest BCUT2D eigenvalue weighted by Crippen LogP contribution is 2.35. The van der Waals surface area contributed by atoms with Crippen LogP contribution in [0.1, 0.15) is 24.0 Å². The molecule has 0 bridgehead atoms. The number of urea groups is 1. The third kappa shape index (κ3) is 4.37. The lowest BCUT2D eigenvalue weighted by molar-refractivity contribution is -0.138. The number of anilines is 1. The van der Waals surface area contributed by atoms with E-state index in [4.69, 9.17) is 5.73 Å².